The van der Waals surface area contributed by atoms with E-state index in [0.29, 0.717) is 6.42 Å². The molecule has 1 N–H and O–H groups in total. The van der Waals surface area contributed by atoms with Crippen LogP contribution in [0.4, 0.5) is 0 Å². The summed E-state index contributed by atoms with van der Waals surface area (Å²) in [4.78, 5) is 0. The number of nitrogens with one attached hydrogen (secondary N) is 1. The maximum Gasteiger partial charge on any atom is 0.214 e. The van der Waals surface area contributed by atoms with E-state index in [1.54, 1.807) is 0 Å². The lowest BCUT2D eigenvalue weighted by molar-refractivity contribution is 0.292. The molecular weight excluding hydrogens is 366 g/mol. The minimum Gasteiger partial charge on any atom is -0.229 e. The normalized spacial score (nSPS) is 22.6. The molecule has 0 spiro atoms. The molecule has 1 aliphatic rings. The van der Waals surface area contributed by atoms with Crippen LogP contribution in [0.5, 0.6) is 0 Å². The molecular formula is C12H24BrNO4S2. The number of hydrogen-bond donors (Lipinski definition) is 1. The molecule has 5 nitrogen and oxygen atoms in total. The van der Waals surface area contributed by atoms with Crippen molar-refractivity contribution in [2.75, 3.05) is 16.8 Å². The molecule has 0 amide bonds. The van der Waals surface area contributed by atoms with Gasteiger partial charge in [0.15, 0.2) is 0 Å². The molecule has 120 valence electrons. The van der Waals surface area contributed by atoms with Crippen LogP contribution < -0.4 is 4.72 Å². The Balaban J connectivity index is 2.79. The topological polar surface area (TPSA) is 80.3 Å². The Labute approximate surface area is 131 Å². The van der Waals surface area contributed by atoms with Crippen molar-refractivity contribution in [3.05, 3.63) is 0 Å². The number of sulfone groups is 1. The number of hydrogen-bond acceptors (Lipinski definition) is 4. The molecule has 20 heavy (non-hydrogen) atoms. The summed E-state index contributed by atoms with van der Waals surface area (Å²) in [5, 5.41) is 0.127. The van der Waals surface area contributed by atoms with Gasteiger partial charge in [0.25, 0.3) is 0 Å². The molecule has 0 saturated carbocycles. The molecule has 0 aromatic heterocycles. The van der Waals surface area contributed by atoms with Gasteiger partial charge in [-0.05, 0) is 24.7 Å². The van der Waals surface area contributed by atoms with E-state index in [1.807, 2.05) is 20.8 Å². The monoisotopic (exact) mass is 389 g/mol. The molecule has 0 bridgehead atoms. The zero-order chi connectivity index (χ0) is 15.6. The van der Waals surface area contributed by atoms with E-state index in [9.17, 15) is 16.8 Å². The highest BCUT2D eigenvalue weighted by atomic mass is 79.9. The standard InChI is InChI=1S/C12H24BrNO4S2/c1-12(2,3)11(4-7-13)14-20(17,18)10-5-8-19(15,16)9-6-10/h10-11,14H,4-9H2,1-3H3. The second kappa shape index (κ2) is 6.62. The van der Waals surface area contributed by atoms with Gasteiger partial charge in [-0.1, -0.05) is 36.7 Å². The predicted octanol–water partition coefficient (Wildman–Crippen LogP) is 1.68. The molecule has 1 saturated heterocycles. The van der Waals surface area contributed by atoms with Crippen LogP contribution >= 0.6 is 15.9 Å². The van der Waals surface area contributed by atoms with Crippen LogP contribution in [0.15, 0.2) is 0 Å². The summed E-state index contributed by atoms with van der Waals surface area (Å²) in [6.07, 6.45) is 1.10. The highest BCUT2D eigenvalue weighted by molar-refractivity contribution is 9.09. The van der Waals surface area contributed by atoms with Crippen molar-refractivity contribution in [2.24, 2.45) is 5.41 Å². The van der Waals surface area contributed by atoms with E-state index < -0.39 is 25.1 Å². The van der Waals surface area contributed by atoms with E-state index in [2.05, 4.69) is 20.7 Å². The fraction of sp³-hybridized carbons (Fsp3) is 1.00. The summed E-state index contributed by atoms with van der Waals surface area (Å²) in [6, 6.07) is -0.162. The Morgan fingerprint density at radius 3 is 2.15 bits per heavy atom. The minimum atomic E-state index is -3.47. The first-order valence-electron chi connectivity index (χ1n) is 6.75. The van der Waals surface area contributed by atoms with Gasteiger partial charge in [-0.2, -0.15) is 0 Å². The van der Waals surface area contributed by atoms with Gasteiger partial charge in [-0.25, -0.2) is 21.6 Å². The maximum atomic E-state index is 12.4. The van der Waals surface area contributed by atoms with Crippen molar-refractivity contribution < 1.29 is 16.8 Å². The second-order valence-electron chi connectivity index (χ2n) is 6.41. The number of sulfonamides is 1. The molecule has 0 aliphatic carbocycles. The molecule has 1 fully saturated rings. The quantitative estimate of drug-likeness (QED) is 0.725. The van der Waals surface area contributed by atoms with Crippen molar-refractivity contribution >= 4 is 35.8 Å². The summed E-state index contributed by atoms with van der Waals surface area (Å²) in [7, 11) is -6.52. The zero-order valence-electron chi connectivity index (χ0n) is 12.2. The van der Waals surface area contributed by atoms with Crippen molar-refractivity contribution in [1.29, 1.82) is 0 Å². The third kappa shape index (κ3) is 5.27. The lowest BCUT2D eigenvalue weighted by atomic mass is 9.86. The fourth-order valence-corrected chi connectivity index (χ4v) is 6.42. The SMILES string of the molecule is CC(C)(C)C(CCBr)NS(=O)(=O)C1CCS(=O)(=O)CC1. The van der Waals surface area contributed by atoms with Crippen molar-refractivity contribution in [3.8, 4) is 0 Å². The average molecular weight is 390 g/mol. The average Bonchev–Trinajstić information content (AvgIpc) is 2.26. The van der Waals surface area contributed by atoms with Gasteiger partial charge in [0, 0.05) is 11.4 Å². The summed E-state index contributed by atoms with van der Waals surface area (Å²) in [6.45, 7) is 5.98. The number of halogens is 1. The van der Waals surface area contributed by atoms with Gasteiger partial charge in [-0.3, -0.25) is 0 Å². The lowest BCUT2D eigenvalue weighted by Crippen LogP contribution is -2.49. The minimum absolute atomic E-state index is 0.0305. The first kappa shape index (κ1) is 18.4. The van der Waals surface area contributed by atoms with Crippen LogP contribution in [0.25, 0.3) is 0 Å². The molecule has 0 aromatic carbocycles. The van der Waals surface area contributed by atoms with Crippen LogP contribution in [0.2, 0.25) is 0 Å². The van der Waals surface area contributed by atoms with Crippen LogP contribution in [0, 0.1) is 5.41 Å². The van der Waals surface area contributed by atoms with Crippen LogP contribution in [0.1, 0.15) is 40.0 Å². The maximum absolute atomic E-state index is 12.4. The van der Waals surface area contributed by atoms with Gasteiger partial charge in [0.05, 0.1) is 16.8 Å². The lowest BCUT2D eigenvalue weighted by Gasteiger charge is -2.33. The largest absolute Gasteiger partial charge is 0.229 e. The molecule has 1 rings (SSSR count). The van der Waals surface area contributed by atoms with Crippen molar-refractivity contribution in [1.82, 2.24) is 4.72 Å². The first-order chi connectivity index (χ1) is 8.98. The smallest absolute Gasteiger partial charge is 0.214 e. The molecule has 8 heteroatoms. The molecule has 1 unspecified atom stereocenters. The second-order valence-corrected chi connectivity index (χ2v) is 11.5. The van der Waals surface area contributed by atoms with Gasteiger partial charge in [0.2, 0.25) is 10.0 Å². The highest BCUT2D eigenvalue weighted by Crippen LogP contribution is 2.26. The molecule has 1 aliphatic heterocycles. The van der Waals surface area contributed by atoms with E-state index in [-0.39, 0.29) is 35.8 Å². The summed E-state index contributed by atoms with van der Waals surface area (Å²) in [5.74, 6) is -0.0611. The molecule has 0 radical (unpaired) electrons. The Morgan fingerprint density at radius 2 is 1.75 bits per heavy atom. The fourth-order valence-electron chi connectivity index (χ4n) is 2.25. The van der Waals surface area contributed by atoms with E-state index in [4.69, 9.17) is 0 Å². The number of rotatable bonds is 5. The van der Waals surface area contributed by atoms with E-state index >= 15 is 0 Å². The van der Waals surface area contributed by atoms with Crippen LogP contribution in [-0.4, -0.2) is 45.0 Å². The van der Waals surface area contributed by atoms with Crippen molar-refractivity contribution in [3.63, 3.8) is 0 Å². The Kier molecular flexibility index (Phi) is 6.09. The van der Waals surface area contributed by atoms with Gasteiger partial charge in [0.1, 0.15) is 9.84 Å². The predicted molar refractivity (Wildman–Crippen MR) is 85.4 cm³/mol. The zero-order valence-corrected chi connectivity index (χ0v) is 15.4. The first-order valence-corrected chi connectivity index (χ1v) is 11.2. The molecule has 0 aromatic rings. The third-order valence-electron chi connectivity index (χ3n) is 3.69. The molecule has 1 atom stereocenters. The summed E-state index contributed by atoms with van der Waals surface area (Å²) < 4.78 is 50.4. The summed E-state index contributed by atoms with van der Waals surface area (Å²) >= 11 is 3.35. The third-order valence-corrected chi connectivity index (χ3v) is 7.83. The van der Waals surface area contributed by atoms with Gasteiger partial charge < -0.3 is 0 Å². The van der Waals surface area contributed by atoms with Crippen LogP contribution in [0.3, 0.4) is 0 Å². The number of alkyl halides is 1. The van der Waals surface area contributed by atoms with E-state index in [0.717, 1.165) is 5.33 Å². The van der Waals surface area contributed by atoms with Crippen molar-refractivity contribution in [2.45, 2.75) is 51.3 Å². The summed E-state index contributed by atoms with van der Waals surface area (Å²) in [5.41, 5.74) is -0.179. The van der Waals surface area contributed by atoms with Gasteiger partial charge >= 0.3 is 0 Å². The Morgan fingerprint density at radius 1 is 1.25 bits per heavy atom. The Bertz CT molecular complexity index is 508. The Hall–Kier alpha value is 0.340. The van der Waals surface area contributed by atoms with Crippen LogP contribution in [-0.2, 0) is 19.9 Å². The highest BCUT2D eigenvalue weighted by Gasteiger charge is 2.36. The van der Waals surface area contributed by atoms with Gasteiger partial charge in [-0.15, -0.1) is 0 Å². The van der Waals surface area contributed by atoms with E-state index in [1.165, 1.54) is 0 Å². The molecule has 1 heterocycles.